The Labute approximate surface area is 175 Å². The van der Waals surface area contributed by atoms with E-state index in [-0.39, 0.29) is 29.4 Å². The van der Waals surface area contributed by atoms with Crippen LogP contribution in [0.15, 0.2) is 29.4 Å². The lowest BCUT2D eigenvalue weighted by Crippen LogP contribution is -2.49. The van der Waals surface area contributed by atoms with Gasteiger partial charge in [0.25, 0.3) is 0 Å². The van der Waals surface area contributed by atoms with Crippen molar-refractivity contribution >= 4 is 17.7 Å². The molecule has 7 nitrogen and oxygen atoms in total. The van der Waals surface area contributed by atoms with Crippen LogP contribution in [0, 0.1) is 23.1 Å². The molecular formula is C20H27FN6OS. The van der Waals surface area contributed by atoms with Crippen molar-refractivity contribution in [3.05, 3.63) is 35.9 Å². The summed E-state index contributed by atoms with van der Waals surface area (Å²) in [5.74, 6) is 0.149. The van der Waals surface area contributed by atoms with Crippen LogP contribution in [0.25, 0.3) is 5.69 Å². The molecule has 2 aromatic rings. The number of hydrogen-bond acceptors (Lipinski definition) is 6. The van der Waals surface area contributed by atoms with E-state index in [1.807, 2.05) is 44.3 Å². The maximum absolute atomic E-state index is 13.4. The van der Waals surface area contributed by atoms with Crippen LogP contribution in [-0.2, 0) is 4.79 Å². The number of aromatic nitrogens is 3. The van der Waals surface area contributed by atoms with E-state index in [2.05, 4.69) is 21.6 Å². The zero-order valence-corrected chi connectivity index (χ0v) is 18.4. The van der Waals surface area contributed by atoms with E-state index >= 15 is 0 Å². The fraction of sp³-hybridized carbons (Fsp3) is 0.500. The van der Waals surface area contributed by atoms with Crippen LogP contribution in [0.1, 0.15) is 39.6 Å². The highest BCUT2D eigenvalue weighted by molar-refractivity contribution is 7.99. The molecule has 0 radical (unpaired) electrons. The molecule has 2 unspecified atom stereocenters. The van der Waals surface area contributed by atoms with Gasteiger partial charge in [-0.15, -0.1) is 10.2 Å². The Morgan fingerprint density at radius 2 is 1.93 bits per heavy atom. The largest absolute Gasteiger partial charge is 0.337 e. The summed E-state index contributed by atoms with van der Waals surface area (Å²) in [6, 6.07) is 8.18. The smallest absolute Gasteiger partial charge is 0.231 e. The highest BCUT2D eigenvalue weighted by Gasteiger charge is 2.30. The Morgan fingerprint density at radius 3 is 2.45 bits per heavy atom. The SMILES string of the molecule is CC(c1nnc(SCC(=O)NC(C)(C#N)C(C)C)n1-c1ccc(F)cc1)N(C)C. The number of nitrogens with zero attached hydrogens (tertiary/aromatic N) is 5. The van der Waals surface area contributed by atoms with Gasteiger partial charge in [-0.05, 0) is 58.1 Å². The number of nitrogens with one attached hydrogen (secondary N) is 1. The molecular weight excluding hydrogens is 391 g/mol. The average Bonchev–Trinajstić information content (AvgIpc) is 3.09. The first-order valence-electron chi connectivity index (χ1n) is 9.31. The van der Waals surface area contributed by atoms with Gasteiger partial charge in [0.05, 0.1) is 17.9 Å². The molecule has 1 aromatic carbocycles. The number of rotatable bonds is 8. The average molecular weight is 419 g/mol. The van der Waals surface area contributed by atoms with Gasteiger partial charge in [0, 0.05) is 5.69 Å². The molecule has 0 aliphatic rings. The zero-order valence-electron chi connectivity index (χ0n) is 17.6. The molecule has 156 valence electrons. The lowest BCUT2D eigenvalue weighted by Gasteiger charge is -2.27. The van der Waals surface area contributed by atoms with Crippen molar-refractivity contribution in [3.63, 3.8) is 0 Å². The molecule has 0 aliphatic heterocycles. The van der Waals surface area contributed by atoms with Gasteiger partial charge in [-0.25, -0.2) is 4.39 Å². The highest BCUT2D eigenvalue weighted by Crippen LogP contribution is 2.27. The topological polar surface area (TPSA) is 86.8 Å². The lowest BCUT2D eigenvalue weighted by molar-refractivity contribution is -0.120. The molecule has 1 N–H and O–H groups in total. The van der Waals surface area contributed by atoms with Crippen LogP contribution >= 0.6 is 11.8 Å². The summed E-state index contributed by atoms with van der Waals surface area (Å²) in [6.45, 7) is 7.47. The van der Waals surface area contributed by atoms with Crippen LogP contribution < -0.4 is 5.32 Å². The molecule has 1 aromatic heterocycles. The third-order valence-electron chi connectivity index (χ3n) is 5.01. The second-order valence-corrected chi connectivity index (χ2v) is 8.54. The number of benzene rings is 1. The Hall–Kier alpha value is -2.44. The van der Waals surface area contributed by atoms with Crippen LogP contribution in [0.2, 0.25) is 0 Å². The Balaban J connectivity index is 2.28. The molecule has 0 spiro atoms. The first-order chi connectivity index (χ1) is 13.6. The molecule has 1 heterocycles. The van der Waals surface area contributed by atoms with Crippen molar-refractivity contribution in [2.75, 3.05) is 19.8 Å². The highest BCUT2D eigenvalue weighted by atomic mass is 32.2. The van der Waals surface area contributed by atoms with E-state index in [1.54, 1.807) is 19.1 Å². The maximum atomic E-state index is 13.4. The number of amides is 1. The molecule has 0 aliphatic carbocycles. The quantitative estimate of drug-likeness (QED) is 0.663. The Kier molecular flexibility index (Phi) is 7.38. The van der Waals surface area contributed by atoms with Crippen molar-refractivity contribution in [2.24, 2.45) is 5.92 Å². The summed E-state index contributed by atoms with van der Waals surface area (Å²) in [6.07, 6.45) is 0. The molecule has 2 atom stereocenters. The number of nitriles is 1. The summed E-state index contributed by atoms with van der Waals surface area (Å²) >= 11 is 1.22. The van der Waals surface area contributed by atoms with E-state index in [1.165, 1.54) is 23.9 Å². The second-order valence-electron chi connectivity index (χ2n) is 7.60. The number of carbonyl (C=O) groups excluding carboxylic acids is 1. The van der Waals surface area contributed by atoms with Crippen molar-refractivity contribution in [1.82, 2.24) is 25.0 Å². The second kappa shape index (κ2) is 9.37. The molecule has 9 heteroatoms. The van der Waals surface area contributed by atoms with Crippen molar-refractivity contribution < 1.29 is 9.18 Å². The van der Waals surface area contributed by atoms with Crippen LogP contribution in [-0.4, -0.2) is 51.0 Å². The number of halogens is 1. The Bertz CT molecular complexity index is 889. The van der Waals surface area contributed by atoms with Gasteiger partial charge in [0.2, 0.25) is 5.91 Å². The summed E-state index contributed by atoms with van der Waals surface area (Å²) in [4.78, 5) is 14.4. The summed E-state index contributed by atoms with van der Waals surface area (Å²) in [5, 5.41) is 21.3. The minimum absolute atomic E-state index is 0.0307. The van der Waals surface area contributed by atoms with E-state index in [4.69, 9.17) is 0 Å². The first kappa shape index (κ1) is 22.8. The van der Waals surface area contributed by atoms with Crippen molar-refractivity contribution in [2.45, 2.75) is 44.4 Å². The van der Waals surface area contributed by atoms with E-state index in [9.17, 15) is 14.4 Å². The summed E-state index contributed by atoms with van der Waals surface area (Å²) in [7, 11) is 3.87. The molecule has 2 rings (SSSR count). The van der Waals surface area contributed by atoms with Crippen molar-refractivity contribution in [3.8, 4) is 11.8 Å². The summed E-state index contributed by atoms with van der Waals surface area (Å²) < 4.78 is 15.2. The van der Waals surface area contributed by atoms with Gasteiger partial charge in [-0.3, -0.25) is 14.3 Å². The van der Waals surface area contributed by atoms with Crippen LogP contribution in [0.5, 0.6) is 0 Å². The van der Waals surface area contributed by atoms with Gasteiger partial charge in [-0.2, -0.15) is 5.26 Å². The van der Waals surface area contributed by atoms with Gasteiger partial charge in [0.15, 0.2) is 11.0 Å². The number of hydrogen-bond donors (Lipinski definition) is 1. The van der Waals surface area contributed by atoms with Gasteiger partial charge < -0.3 is 5.32 Å². The van der Waals surface area contributed by atoms with E-state index in [0.717, 1.165) is 0 Å². The monoisotopic (exact) mass is 418 g/mol. The predicted molar refractivity (Wildman–Crippen MR) is 111 cm³/mol. The van der Waals surface area contributed by atoms with Gasteiger partial charge in [0.1, 0.15) is 11.4 Å². The van der Waals surface area contributed by atoms with Gasteiger partial charge in [-0.1, -0.05) is 25.6 Å². The number of carbonyl (C=O) groups is 1. The van der Waals surface area contributed by atoms with Crippen molar-refractivity contribution in [1.29, 1.82) is 5.26 Å². The van der Waals surface area contributed by atoms with Gasteiger partial charge >= 0.3 is 0 Å². The fourth-order valence-electron chi connectivity index (χ4n) is 2.47. The lowest BCUT2D eigenvalue weighted by atomic mass is 9.90. The molecule has 29 heavy (non-hydrogen) atoms. The molecule has 1 amide bonds. The molecule has 0 saturated carbocycles. The minimum Gasteiger partial charge on any atom is -0.337 e. The zero-order chi connectivity index (χ0) is 21.8. The van der Waals surface area contributed by atoms with Crippen LogP contribution in [0.3, 0.4) is 0 Å². The molecule has 0 fully saturated rings. The minimum atomic E-state index is -0.938. The third kappa shape index (κ3) is 5.34. The maximum Gasteiger partial charge on any atom is 0.231 e. The first-order valence-corrected chi connectivity index (χ1v) is 10.3. The third-order valence-corrected chi connectivity index (χ3v) is 5.94. The molecule has 0 bridgehead atoms. The summed E-state index contributed by atoms with van der Waals surface area (Å²) in [5.41, 5.74) is -0.223. The predicted octanol–water partition coefficient (Wildman–Crippen LogP) is 3.18. The Morgan fingerprint density at radius 1 is 1.31 bits per heavy atom. The standard InChI is InChI=1S/C20H27FN6OS/c1-13(2)20(4,12-22)23-17(28)11-29-19-25-24-18(14(3)26(5)6)27(19)16-9-7-15(21)8-10-16/h7-10,13-14H,11H2,1-6H3,(H,23,28). The van der Waals surface area contributed by atoms with E-state index in [0.29, 0.717) is 16.7 Å². The molecule has 0 saturated heterocycles. The van der Waals surface area contributed by atoms with E-state index < -0.39 is 5.54 Å². The normalized spacial score (nSPS) is 14.5. The number of thioether (sulfide) groups is 1. The fourth-order valence-corrected chi connectivity index (χ4v) is 3.23. The van der Waals surface area contributed by atoms with Crippen LogP contribution in [0.4, 0.5) is 4.39 Å².